The van der Waals surface area contributed by atoms with E-state index in [0.717, 1.165) is 28.9 Å². The van der Waals surface area contributed by atoms with Crippen molar-refractivity contribution in [3.05, 3.63) is 17.5 Å². The van der Waals surface area contributed by atoms with Crippen LogP contribution in [0.2, 0.25) is 0 Å². The number of likely N-dealkylation sites (N-methyl/N-ethyl adjacent to an activating group) is 1. The van der Waals surface area contributed by atoms with Crippen LogP contribution in [0.3, 0.4) is 0 Å². The standard InChI is InChI=1S/C9H17N2O/c1-8-7-9(12-10-8)5-6-11(2,3)4/h7H,5-6H2,1-4H3/q+1. The lowest BCUT2D eigenvalue weighted by molar-refractivity contribution is -0.870. The van der Waals surface area contributed by atoms with Gasteiger partial charge in [-0.1, -0.05) is 5.16 Å². The van der Waals surface area contributed by atoms with Gasteiger partial charge in [-0.25, -0.2) is 0 Å². The van der Waals surface area contributed by atoms with Crippen molar-refractivity contribution in [2.24, 2.45) is 0 Å². The molecule has 0 N–H and O–H groups in total. The predicted octanol–water partition coefficient (Wildman–Crippen LogP) is 1.23. The Labute approximate surface area is 73.6 Å². The lowest BCUT2D eigenvalue weighted by atomic mass is 10.3. The van der Waals surface area contributed by atoms with Gasteiger partial charge in [0.05, 0.1) is 39.8 Å². The van der Waals surface area contributed by atoms with Crippen LogP contribution in [0.15, 0.2) is 10.6 Å². The molecule has 0 aliphatic carbocycles. The zero-order chi connectivity index (χ0) is 9.19. The number of aromatic nitrogens is 1. The minimum atomic E-state index is 0.958. The number of quaternary nitrogens is 1. The smallest absolute Gasteiger partial charge is 0.142 e. The lowest BCUT2D eigenvalue weighted by Crippen LogP contribution is -2.36. The Balaban J connectivity index is 2.44. The van der Waals surface area contributed by atoms with E-state index in [0.29, 0.717) is 0 Å². The van der Waals surface area contributed by atoms with Crippen molar-refractivity contribution in [1.82, 2.24) is 5.16 Å². The first-order valence-electron chi connectivity index (χ1n) is 4.20. The second-order valence-corrected chi connectivity index (χ2v) is 4.20. The Bertz CT molecular complexity index is 247. The summed E-state index contributed by atoms with van der Waals surface area (Å²) in [5.41, 5.74) is 0.964. The van der Waals surface area contributed by atoms with E-state index in [4.69, 9.17) is 4.52 Å². The maximum Gasteiger partial charge on any atom is 0.142 e. The molecule has 0 aliphatic rings. The SMILES string of the molecule is Cc1cc(CC[N+](C)(C)C)on1. The second kappa shape index (κ2) is 3.27. The molecule has 0 fully saturated rings. The summed E-state index contributed by atoms with van der Waals surface area (Å²) in [6, 6.07) is 2.00. The van der Waals surface area contributed by atoms with Crippen LogP contribution in [-0.4, -0.2) is 37.3 Å². The van der Waals surface area contributed by atoms with Gasteiger partial charge in [0.2, 0.25) is 0 Å². The number of hydrogen-bond acceptors (Lipinski definition) is 2. The fraction of sp³-hybridized carbons (Fsp3) is 0.667. The van der Waals surface area contributed by atoms with Crippen LogP contribution in [-0.2, 0) is 6.42 Å². The van der Waals surface area contributed by atoms with Crippen molar-refractivity contribution in [1.29, 1.82) is 0 Å². The third-order valence-electron chi connectivity index (χ3n) is 1.71. The van der Waals surface area contributed by atoms with Crippen molar-refractivity contribution in [3.8, 4) is 0 Å². The van der Waals surface area contributed by atoms with E-state index in [2.05, 4.69) is 26.3 Å². The average Bonchev–Trinajstić information content (AvgIpc) is 2.30. The van der Waals surface area contributed by atoms with Gasteiger partial charge >= 0.3 is 0 Å². The summed E-state index contributed by atoms with van der Waals surface area (Å²) in [6.07, 6.45) is 0.963. The minimum absolute atomic E-state index is 0.958. The summed E-state index contributed by atoms with van der Waals surface area (Å²) in [5, 5.41) is 3.84. The molecule has 3 heteroatoms. The van der Waals surface area contributed by atoms with E-state index in [-0.39, 0.29) is 0 Å². The van der Waals surface area contributed by atoms with Gasteiger partial charge in [0.15, 0.2) is 0 Å². The lowest BCUT2D eigenvalue weighted by Gasteiger charge is -2.22. The molecular weight excluding hydrogens is 152 g/mol. The van der Waals surface area contributed by atoms with Gasteiger partial charge in [-0.15, -0.1) is 0 Å². The van der Waals surface area contributed by atoms with Crippen molar-refractivity contribution in [2.75, 3.05) is 27.7 Å². The Morgan fingerprint density at radius 1 is 1.42 bits per heavy atom. The largest absolute Gasteiger partial charge is 0.361 e. The maximum absolute atomic E-state index is 5.10. The first-order valence-corrected chi connectivity index (χ1v) is 4.20. The molecule has 0 bridgehead atoms. The molecule has 0 spiro atoms. The van der Waals surface area contributed by atoms with Gasteiger partial charge in [0.1, 0.15) is 5.76 Å². The number of hydrogen-bond donors (Lipinski definition) is 0. The molecule has 1 rings (SSSR count). The monoisotopic (exact) mass is 169 g/mol. The molecular formula is C9H17N2O+. The molecule has 1 aromatic heterocycles. The quantitative estimate of drug-likeness (QED) is 0.636. The normalized spacial score (nSPS) is 12.0. The molecule has 68 valence electrons. The highest BCUT2D eigenvalue weighted by atomic mass is 16.5. The topological polar surface area (TPSA) is 26.0 Å². The molecule has 12 heavy (non-hydrogen) atoms. The van der Waals surface area contributed by atoms with E-state index >= 15 is 0 Å². The molecule has 0 saturated carbocycles. The van der Waals surface area contributed by atoms with Gasteiger partial charge in [-0.05, 0) is 6.92 Å². The number of aryl methyl sites for hydroxylation is 1. The average molecular weight is 169 g/mol. The molecule has 0 radical (unpaired) electrons. The van der Waals surface area contributed by atoms with Crippen LogP contribution >= 0.6 is 0 Å². The molecule has 0 atom stereocenters. The highest BCUT2D eigenvalue weighted by Gasteiger charge is 2.09. The molecule has 1 aromatic rings. The highest BCUT2D eigenvalue weighted by Crippen LogP contribution is 2.04. The van der Waals surface area contributed by atoms with Crippen LogP contribution in [0.5, 0.6) is 0 Å². The second-order valence-electron chi connectivity index (χ2n) is 4.20. The molecule has 0 unspecified atom stereocenters. The van der Waals surface area contributed by atoms with Gasteiger partial charge in [0, 0.05) is 6.07 Å². The number of nitrogens with zero attached hydrogens (tertiary/aromatic N) is 2. The molecule has 0 amide bonds. The van der Waals surface area contributed by atoms with Crippen molar-refractivity contribution in [2.45, 2.75) is 13.3 Å². The highest BCUT2D eigenvalue weighted by molar-refractivity contribution is 5.02. The van der Waals surface area contributed by atoms with E-state index in [1.54, 1.807) is 0 Å². The Morgan fingerprint density at radius 3 is 2.50 bits per heavy atom. The Hall–Kier alpha value is -0.830. The van der Waals surface area contributed by atoms with Gasteiger partial charge in [0.25, 0.3) is 0 Å². The first kappa shape index (κ1) is 9.26. The zero-order valence-corrected chi connectivity index (χ0v) is 8.29. The van der Waals surface area contributed by atoms with E-state index < -0.39 is 0 Å². The van der Waals surface area contributed by atoms with Gasteiger partial charge in [-0.3, -0.25) is 0 Å². The first-order chi connectivity index (χ1) is 5.47. The predicted molar refractivity (Wildman–Crippen MR) is 47.8 cm³/mol. The summed E-state index contributed by atoms with van der Waals surface area (Å²) in [6.45, 7) is 3.02. The van der Waals surface area contributed by atoms with Crippen LogP contribution < -0.4 is 0 Å². The summed E-state index contributed by atoms with van der Waals surface area (Å²) >= 11 is 0. The van der Waals surface area contributed by atoms with Crippen molar-refractivity contribution in [3.63, 3.8) is 0 Å². The van der Waals surface area contributed by atoms with Crippen LogP contribution in [0.4, 0.5) is 0 Å². The summed E-state index contributed by atoms with van der Waals surface area (Å²) in [7, 11) is 6.51. The molecule has 1 heterocycles. The fourth-order valence-electron chi connectivity index (χ4n) is 0.980. The third kappa shape index (κ3) is 3.05. The summed E-state index contributed by atoms with van der Waals surface area (Å²) in [4.78, 5) is 0. The summed E-state index contributed by atoms with van der Waals surface area (Å²) in [5.74, 6) is 0.987. The molecule has 0 saturated heterocycles. The van der Waals surface area contributed by atoms with Crippen molar-refractivity contribution < 1.29 is 9.01 Å². The molecule has 0 aliphatic heterocycles. The van der Waals surface area contributed by atoms with E-state index in [1.807, 2.05) is 13.0 Å². The van der Waals surface area contributed by atoms with Gasteiger partial charge in [-0.2, -0.15) is 0 Å². The van der Waals surface area contributed by atoms with Gasteiger partial charge < -0.3 is 9.01 Å². The van der Waals surface area contributed by atoms with E-state index in [9.17, 15) is 0 Å². The zero-order valence-electron chi connectivity index (χ0n) is 8.29. The minimum Gasteiger partial charge on any atom is -0.361 e. The third-order valence-corrected chi connectivity index (χ3v) is 1.71. The Kier molecular flexibility index (Phi) is 2.52. The Morgan fingerprint density at radius 2 is 2.08 bits per heavy atom. The van der Waals surface area contributed by atoms with Crippen LogP contribution in [0, 0.1) is 6.92 Å². The van der Waals surface area contributed by atoms with Crippen LogP contribution in [0.1, 0.15) is 11.5 Å². The molecule has 3 nitrogen and oxygen atoms in total. The summed E-state index contributed by atoms with van der Waals surface area (Å²) < 4.78 is 6.06. The fourth-order valence-corrected chi connectivity index (χ4v) is 0.980. The van der Waals surface area contributed by atoms with Crippen molar-refractivity contribution >= 4 is 0 Å². The maximum atomic E-state index is 5.10. The number of rotatable bonds is 3. The van der Waals surface area contributed by atoms with E-state index in [1.165, 1.54) is 0 Å². The van der Waals surface area contributed by atoms with Crippen LogP contribution in [0.25, 0.3) is 0 Å². The molecule has 0 aromatic carbocycles.